The number of anilines is 3. The van der Waals surface area contributed by atoms with E-state index in [9.17, 15) is 0 Å². The maximum absolute atomic E-state index is 6.98. The Morgan fingerprint density at radius 3 is 1.87 bits per heavy atom. The minimum atomic E-state index is -0.102. The van der Waals surface area contributed by atoms with E-state index in [2.05, 4.69) is 216 Å². The summed E-state index contributed by atoms with van der Waals surface area (Å²) in [6.45, 7) is 0. The Kier molecular flexibility index (Phi) is 7.31. The third-order valence-corrected chi connectivity index (χ3v) is 11.3. The Balaban J connectivity index is 0.978. The molecule has 0 saturated heterocycles. The Morgan fingerprint density at radius 2 is 1.09 bits per heavy atom. The molecule has 55 heavy (non-hydrogen) atoms. The van der Waals surface area contributed by atoms with Gasteiger partial charge < -0.3 is 14.2 Å². The van der Waals surface area contributed by atoms with Crippen LogP contribution in [0.4, 0.5) is 17.1 Å². The molecule has 0 bridgehead atoms. The number of aromatic nitrogens is 1. The summed E-state index contributed by atoms with van der Waals surface area (Å²) in [4.78, 5) is 2.36. The molecule has 9 aromatic rings. The number of benzene rings is 8. The van der Waals surface area contributed by atoms with Crippen LogP contribution in [0.25, 0.3) is 55.0 Å². The summed E-state index contributed by atoms with van der Waals surface area (Å²) >= 11 is 0. The first-order chi connectivity index (χ1) is 27.3. The number of ether oxygens (including phenoxy) is 1. The molecule has 0 saturated carbocycles. The van der Waals surface area contributed by atoms with E-state index in [-0.39, 0.29) is 12.0 Å². The van der Waals surface area contributed by atoms with Crippen molar-refractivity contribution in [2.75, 3.05) is 4.90 Å². The summed E-state index contributed by atoms with van der Waals surface area (Å²) in [5.41, 5.74) is 12.9. The van der Waals surface area contributed by atoms with Crippen molar-refractivity contribution in [3.05, 3.63) is 217 Å². The summed E-state index contributed by atoms with van der Waals surface area (Å²) in [5, 5.41) is 4.84. The first-order valence-corrected chi connectivity index (χ1v) is 19.0. The Labute approximate surface area is 320 Å². The molecule has 1 aromatic heterocycles. The predicted octanol–water partition coefficient (Wildman–Crippen LogP) is 13.6. The van der Waals surface area contributed by atoms with Crippen LogP contribution >= 0.6 is 0 Å². The van der Waals surface area contributed by atoms with Gasteiger partial charge in [-0.25, -0.2) is 0 Å². The van der Waals surface area contributed by atoms with Crippen LogP contribution in [0.1, 0.15) is 17.0 Å². The number of hydrogen-bond donors (Lipinski definition) is 0. The SMILES string of the molecule is C1=CC2c3cc(-c4ccccc4)c4ccccc4c3OC2C(c2ccc(N(c3ccccc3)c3ccc4c(c3)c3ccccc3n4-c3ccccc3)cc2)=C1. The molecule has 0 radical (unpaired) electrons. The highest BCUT2D eigenvalue weighted by Gasteiger charge is 2.38. The molecule has 2 atom stereocenters. The van der Waals surface area contributed by atoms with E-state index in [1.54, 1.807) is 0 Å². The summed E-state index contributed by atoms with van der Waals surface area (Å²) < 4.78 is 9.34. The highest BCUT2D eigenvalue weighted by atomic mass is 16.5. The highest BCUT2D eigenvalue weighted by Crippen LogP contribution is 2.51. The topological polar surface area (TPSA) is 17.4 Å². The number of hydrogen-bond acceptors (Lipinski definition) is 2. The molecular formula is C52H36N2O. The lowest BCUT2D eigenvalue weighted by molar-refractivity contribution is 0.281. The molecule has 0 fully saturated rings. The van der Waals surface area contributed by atoms with Crippen molar-refractivity contribution in [3.8, 4) is 22.6 Å². The largest absolute Gasteiger partial charge is 0.484 e. The second kappa shape index (κ2) is 12.8. The smallest absolute Gasteiger partial charge is 0.135 e. The van der Waals surface area contributed by atoms with Crippen molar-refractivity contribution in [2.24, 2.45) is 0 Å². The van der Waals surface area contributed by atoms with E-state index < -0.39 is 0 Å². The molecule has 0 amide bonds. The van der Waals surface area contributed by atoms with Crippen LogP contribution in [0.2, 0.25) is 0 Å². The molecule has 11 rings (SSSR count). The zero-order valence-corrected chi connectivity index (χ0v) is 30.1. The van der Waals surface area contributed by atoms with Gasteiger partial charge in [-0.2, -0.15) is 0 Å². The van der Waals surface area contributed by atoms with Gasteiger partial charge in [0.25, 0.3) is 0 Å². The summed E-state index contributed by atoms with van der Waals surface area (Å²) in [6, 6.07) is 67.6. The van der Waals surface area contributed by atoms with Crippen molar-refractivity contribution in [1.29, 1.82) is 0 Å². The van der Waals surface area contributed by atoms with E-state index in [1.807, 2.05) is 0 Å². The third-order valence-electron chi connectivity index (χ3n) is 11.3. The van der Waals surface area contributed by atoms with Gasteiger partial charge >= 0.3 is 0 Å². The lowest BCUT2D eigenvalue weighted by atomic mass is 9.82. The van der Waals surface area contributed by atoms with Crippen molar-refractivity contribution in [3.63, 3.8) is 0 Å². The van der Waals surface area contributed by atoms with Gasteiger partial charge in [-0.1, -0.05) is 140 Å². The van der Waals surface area contributed by atoms with Crippen LogP contribution in [0.15, 0.2) is 206 Å². The van der Waals surface area contributed by atoms with Crippen molar-refractivity contribution in [2.45, 2.75) is 12.0 Å². The molecule has 2 unspecified atom stereocenters. The fourth-order valence-electron chi connectivity index (χ4n) is 8.85. The molecular weight excluding hydrogens is 669 g/mol. The summed E-state index contributed by atoms with van der Waals surface area (Å²) in [5.74, 6) is 1.13. The zero-order chi connectivity index (χ0) is 36.3. The molecule has 1 aliphatic carbocycles. The van der Waals surface area contributed by atoms with Crippen LogP contribution in [-0.2, 0) is 0 Å². The maximum atomic E-state index is 6.98. The number of fused-ring (bicyclic) bond motifs is 8. The predicted molar refractivity (Wildman–Crippen MR) is 229 cm³/mol. The van der Waals surface area contributed by atoms with Gasteiger partial charge in [0.1, 0.15) is 11.9 Å². The first-order valence-electron chi connectivity index (χ1n) is 19.0. The van der Waals surface area contributed by atoms with E-state index in [1.165, 1.54) is 54.8 Å². The minimum absolute atomic E-state index is 0.102. The number of allylic oxidation sites excluding steroid dienone is 2. The maximum Gasteiger partial charge on any atom is 0.135 e. The van der Waals surface area contributed by atoms with Crippen molar-refractivity contribution < 1.29 is 4.74 Å². The fraction of sp³-hybridized carbons (Fsp3) is 0.0385. The monoisotopic (exact) mass is 704 g/mol. The quantitative estimate of drug-likeness (QED) is 0.171. The molecule has 2 aliphatic rings. The molecule has 1 aliphatic heterocycles. The fourth-order valence-corrected chi connectivity index (χ4v) is 8.85. The standard InChI is InChI=1S/C52H36N2O/c1-4-15-35(16-5-1)46-34-48-45-25-14-24-41(51(45)55-52(48)44-23-11-10-21-42(44)46)36-27-29-39(30-28-36)53(37-17-6-2-7-18-37)40-31-32-50-47(33-40)43-22-12-13-26-49(43)54(50)38-19-8-3-9-20-38/h1-34,45,51H. The molecule has 0 N–H and O–H groups in total. The highest BCUT2D eigenvalue weighted by molar-refractivity contribution is 6.10. The molecule has 0 spiro atoms. The number of rotatable bonds is 6. The van der Waals surface area contributed by atoms with Gasteiger partial charge in [-0.05, 0) is 88.8 Å². The zero-order valence-electron chi connectivity index (χ0n) is 30.1. The van der Waals surface area contributed by atoms with Gasteiger partial charge in [0.2, 0.25) is 0 Å². The molecule has 3 nitrogen and oxygen atoms in total. The van der Waals surface area contributed by atoms with Gasteiger partial charge in [0.05, 0.1) is 11.0 Å². The van der Waals surface area contributed by atoms with Crippen LogP contribution < -0.4 is 9.64 Å². The second-order valence-corrected chi connectivity index (χ2v) is 14.4. The normalized spacial score (nSPS) is 15.8. The van der Waals surface area contributed by atoms with Crippen LogP contribution in [0.5, 0.6) is 5.75 Å². The van der Waals surface area contributed by atoms with Gasteiger partial charge in [0.15, 0.2) is 0 Å². The first kappa shape index (κ1) is 31.4. The van der Waals surface area contributed by atoms with Gasteiger partial charge in [-0.15, -0.1) is 0 Å². The molecule has 2 heterocycles. The summed E-state index contributed by atoms with van der Waals surface area (Å²) in [7, 11) is 0. The van der Waals surface area contributed by atoms with Crippen LogP contribution in [0, 0.1) is 0 Å². The Hall–Kier alpha value is -7.10. The number of nitrogens with zero attached hydrogens (tertiary/aromatic N) is 2. The van der Waals surface area contributed by atoms with Crippen LogP contribution in [0.3, 0.4) is 0 Å². The van der Waals surface area contributed by atoms with E-state index in [0.717, 1.165) is 34.1 Å². The Bertz CT molecular complexity index is 2940. The lowest BCUT2D eigenvalue weighted by Gasteiger charge is -2.27. The third kappa shape index (κ3) is 5.12. The lowest BCUT2D eigenvalue weighted by Crippen LogP contribution is -2.21. The minimum Gasteiger partial charge on any atom is -0.484 e. The molecule has 260 valence electrons. The van der Waals surface area contributed by atoms with Gasteiger partial charge in [0, 0.05) is 56.0 Å². The van der Waals surface area contributed by atoms with E-state index in [4.69, 9.17) is 4.74 Å². The average Bonchev–Trinajstić information content (AvgIpc) is 3.81. The number of para-hydroxylation sites is 3. The van der Waals surface area contributed by atoms with Crippen LogP contribution in [-0.4, -0.2) is 10.7 Å². The van der Waals surface area contributed by atoms with Crippen molar-refractivity contribution in [1.82, 2.24) is 4.57 Å². The molecule has 8 aromatic carbocycles. The van der Waals surface area contributed by atoms with Gasteiger partial charge in [-0.3, -0.25) is 0 Å². The average molecular weight is 705 g/mol. The van der Waals surface area contributed by atoms with E-state index in [0.29, 0.717) is 0 Å². The Morgan fingerprint density at radius 1 is 0.473 bits per heavy atom. The molecule has 3 heteroatoms. The van der Waals surface area contributed by atoms with Crippen molar-refractivity contribution >= 4 is 55.2 Å². The summed E-state index contributed by atoms with van der Waals surface area (Å²) in [6.07, 6.45) is 6.64. The second-order valence-electron chi connectivity index (χ2n) is 14.4. The van der Waals surface area contributed by atoms with E-state index >= 15 is 0 Å².